The standard InChI is InChI=1S/C15H21NO/c1-16-13(9-11-5-4-6-11)15-10-12-7-2-3-8-14(12)17-15/h2-3,7-8,11,13,15-16H,4-6,9-10H2,1H3. The number of rotatable bonds is 4. The van der Waals surface area contributed by atoms with Gasteiger partial charge >= 0.3 is 0 Å². The number of ether oxygens (including phenoxy) is 1. The van der Waals surface area contributed by atoms with Crippen molar-refractivity contribution in [1.29, 1.82) is 0 Å². The summed E-state index contributed by atoms with van der Waals surface area (Å²) < 4.78 is 6.07. The molecule has 0 radical (unpaired) electrons. The SMILES string of the molecule is CNC(CC1CCC1)C1Cc2ccccc2O1. The van der Waals surface area contributed by atoms with E-state index in [4.69, 9.17) is 4.74 Å². The van der Waals surface area contributed by atoms with Gasteiger partial charge in [0.2, 0.25) is 0 Å². The van der Waals surface area contributed by atoms with Crippen molar-refractivity contribution in [2.24, 2.45) is 5.92 Å². The predicted octanol–water partition coefficient (Wildman–Crippen LogP) is 2.77. The fourth-order valence-electron chi connectivity index (χ4n) is 2.98. The summed E-state index contributed by atoms with van der Waals surface area (Å²) in [5.74, 6) is 2.02. The summed E-state index contributed by atoms with van der Waals surface area (Å²) in [6, 6.07) is 8.94. The van der Waals surface area contributed by atoms with Crippen molar-refractivity contribution in [2.45, 2.75) is 44.2 Å². The third kappa shape index (κ3) is 2.19. The van der Waals surface area contributed by atoms with Gasteiger partial charge in [0.1, 0.15) is 11.9 Å². The summed E-state index contributed by atoms with van der Waals surface area (Å²) in [6.07, 6.45) is 6.92. The van der Waals surface area contributed by atoms with Crippen LogP contribution in [0.5, 0.6) is 5.75 Å². The Bertz CT molecular complexity index is 361. The van der Waals surface area contributed by atoms with Crippen LogP contribution in [-0.4, -0.2) is 19.2 Å². The number of nitrogens with one attached hydrogen (secondary N) is 1. The van der Waals surface area contributed by atoms with E-state index in [1.54, 1.807) is 0 Å². The van der Waals surface area contributed by atoms with Crippen LogP contribution in [-0.2, 0) is 6.42 Å². The van der Waals surface area contributed by atoms with E-state index in [2.05, 4.69) is 36.6 Å². The van der Waals surface area contributed by atoms with Crippen molar-refractivity contribution < 1.29 is 4.74 Å². The van der Waals surface area contributed by atoms with Gasteiger partial charge in [0.25, 0.3) is 0 Å². The maximum Gasteiger partial charge on any atom is 0.123 e. The molecule has 1 N–H and O–H groups in total. The fraction of sp³-hybridized carbons (Fsp3) is 0.600. The molecule has 0 aromatic heterocycles. The molecule has 0 bridgehead atoms. The Morgan fingerprint density at radius 1 is 1.35 bits per heavy atom. The molecule has 2 atom stereocenters. The van der Waals surface area contributed by atoms with Crippen molar-refractivity contribution in [2.75, 3.05) is 7.05 Å². The molecule has 2 nitrogen and oxygen atoms in total. The topological polar surface area (TPSA) is 21.3 Å². The van der Waals surface area contributed by atoms with E-state index in [1.807, 2.05) is 0 Å². The molecule has 1 heterocycles. The number of likely N-dealkylation sites (N-methyl/N-ethyl adjacent to an activating group) is 1. The first-order valence-electron chi connectivity index (χ1n) is 6.78. The molecule has 2 aliphatic rings. The minimum absolute atomic E-state index is 0.331. The van der Waals surface area contributed by atoms with Gasteiger partial charge in [0.15, 0.2) is 0 Å². The van der Waals surface area contributed by atoms with Crippen LogP contribution in [0.2, 0.25) is 0 Å². The quantitative estimate of drug-likeness (QED) is 0.860. The average molecular weight is 231 g/mol. The van der Waals surface area contributed by atoms with Gasteiger partial charge in [-0.3, -0.25) is 0 Å². The Hall–Kier alpha value is -1.02. The summed E-state index contributed by atoms with van der Waals surface area (Å²) in [6.45, 7) is 0. The molecule has 2 heteroatoms. The van der Waals surface area contributed by atoms with Crippen LogP contribution in [0.3, 0.4) is 0 Å². The molecule has 0 saturated heterocycles. The lowest BCUT2D eigenvalue weighted by molar-refractivity contribution is 0.146. The van der Waals surface area contributed by atoms with Crippen LogP contribution in [0.25, 0.3) is 0 Å². The highest BCUT2D eigenvalue weighted by Gasteiger charge is 2.32. The highest BCUT2D eigenvalue weighted by Crippen LogP contribution is 2.35. The van der Waals surface area contributed by atoms with Crippen LogP contribution in [0.15, 0.2) is 24.3 Å². The first-order chi connectivity index (χ1) is 8.36. The number of hydrogen-bond donors (Lipinski definition) is 1. The number of benzene rings is 1. The summed E-state index contributed by atoms with van der Waals surface area (Å²) in [5, 5.41) is 3.45. The minimum atomic E-state index is 0.331. The molecule has 0 amide bonds. The Morgan fingerprint density at radius 3 is 2.82 bits per heavy atom. The van der Waals surface area contributed by atoms with Gasteiger partial charge in [-0.15, -0.1) is 0 Å². The minimum Gasteiger partial charge on any atom is -0.488 e. The third-order valence-corrected chi connectivity index (χ3v) is 4.30. The Kier molecular flexibility index (Phi) is 3.06. The van der Waals surface area contributed by atoms with Crippen LogP contribution in [0.1, 0.15) is 31.2 Å². The van der Waals surface area contributed by atoms with Gasteiger partial charge < -0.3 is 10.1 Å². The summed E-state index contributed by atoms with van der Waals surface area (Å²) >= 11 is 0. The predicted molar refractivity (Wildman–Crippen MR) is 69.4 cm³/mol. The third-order valence-electron chi connectivity index (χ3n) is 4.30. The van der Waals surface area contributed by atoms with Crippen molar-refractivity contribution >= 4 is 0 Å². The fourth-order valence-corrected chi connectivity index (χ4v) is 2.98. The molecule has 1 fully saturated rings. The molecule has 17 heavy (non-hydrogen) atoms. The van der Waals surface area contributed by atoms with Crippen molar-refractivity contribution in [3.63, 3.8) is 0 Å². The van der Waals surface area contributed by atoms with E-state index < -0.39 is 0 Å². The zero-order chi connectivity index (χ0) is 11.7. The molecule has 1 aromatic rings. The molecular weight excluding hydrogens is 210 g/mol. The van der Waals surface area contributed by atoms with E-state index in [1.165, 1.54) is 31.2 Å². The highest BCUT2D eigenvalue weighted by molar-refractivity contribution is 5.37. The van der Waals surface area contributed by atoms with Crippen LogP contribution in [0, 0.1) is 5.92 Å². The van der Waals surface area contributed by atoms with E-state index in [9.17, 15) is 0 Å². The van der Waals surface area contributed by atoms with Gasteiger partial charge in [-0.2, -0.15) is 0 Å². The second kappa shape index (κ2) is 4.69. The maximum absolute atomic E-state index is 6.07. The van der Waals surface area contributed by atoms with E-state index in [0.717, 1.165) is 18.1 Å². The normalized spacial score (nSPS) is 24.9. The lowest BCUT2D eigenvalue weighted by Gasteiger charge is -2.32. The molecule has 1 aliphatic carbocycles. The molecule has 1 saturated carbocycles. The average Bonchev–Trinajstić information content (AvgIpc) is 2.71. The second-order valence-corrected chi connectivity index (χ2v) is 5.40. The number of para-hydroxylation sites is 1. The Balaban J connectivity index is 1.65. The van der Waals surface area contributed by atoms with E-state index in [-0.39, 0.29) is 0 Å². The van der Waals surface area contributed by atoms with Gasteiger partial charge in [0, 0.05) is 12.5 Å². The smallest absolute Gasteiger partial charge is 0.123 e. The molecule has 1 aliphatic heterocycles. The summed E-state index contributed by atoms with van der Waals surface area (Å²) in [4.78, 5) is 0. The zero-order valence-corrected chi connectivity index (χ0v) is 10.5. The van der Waals surface area contributed by atoms with Crippen LogP contribution >= 0.6 is 0 Å². The van der Waals surface area contributed by atoms with E-state index in [0.29, 0.717) is 12.1 Å². The van der Waals surface area contributed by atoms with Gasteiger partial charge in [0.05, 0.1) is 0 Å². The molecular formula is C15H21NO. The second-order valence-electron chi connectivity index (χ2n) is 5.40. The van der Waals surface area contributed by atoms with Gasteiger partial charge in [-0.25, -0.2) is 0 Å². The van der Waals surface area contributed by atoms with Crippen molar-refractivity contribution in [3.05, 3.63) is 29.8 Å². The van der Waals surface area contributed by atoms with E-state index >= 15 is 0 Å². The molecule has 2 unspecified atom stereocenters. The first kappa shape index (κ1) is 11.1. The number of hydrogen-bond acceptors (Lipinski definition) is 2. The maximum atomic E-state index is 6.07. The van der Waals surface area contributed by atoms with Crippen LogP contribution in [0.4, 0.5) is 0 Å². The Labute approximate surface area is 103 Å². The van der Waals surface area contributed by atoms with Gasteiger partial charge in [-0.05, 0) is 31.0 Å². The Morgan fingerprint density at radius 2 is 2.18 bits per heavy atom. The lowest BCUT2D eigenvalue weighted by Crippen LogP contribution is -2.42. The molecule has 3 rings (SSSR count). The monoisotopic (exact) mass is 231 g/mol. The highest BCUT2D eigenvalue weighted by atomic mass is 16.5. The molecule has 92 valence electrons. The lowest BCUT2D eigenvalue weighted by atomic mass is 9.79. The van der Waals surface area contributed by atoms with Crippen LogP contribution < -0.4 is 10.1 Å². The largest absolute Gasteiger partial charge is 0.488 e. The first-order valence-corrected chi connectivity index (χ1v) is 6.78. The van der Waals surface area contributed by atoms with Crippen molar-refractivity contribution in [1.82, 2.24) is 5.32 Å². The number of fused-ring (bicyclic) bond motifs is 1. The zero-order valence-electron chi connectivity index (χ0n) is 10.5. The summed E-state index contributed by atoms with van der Waals surface area (Å²) in [5.41, 5.74) is 1.37. The molecule has 1 aromatic carbocycles. The summed E-state index contributed by atoms with van der Waals surface area (Å²) in [7, 11) is 2.07. The van der Waals surface area contributed by atoms with Crippen molar-refractivity contribution in [3.8, 4) is 5.75 Å². The molecule has 0 spiro atoms. The van der Waals surface area contributed by atoms with Gasteiger partial charge in [-0.1, -0.05) is 37.5 Å².